The molecule has 0 spiro atoms. The highest BCUT2D eigenvalue weighted by Gasteiger charge is 2.46. The molecule has 1 fully saturated rings. The number of urea groups is 1. The fourth-order valence-electron chi connectivity index (χ4n) is 4.33. The number of amides is 6. The Morgan fingerprint density at radius 3 is 2.63 bits per heavy atom. The molecule has 5 rings (SSSR count). The van der Waals surface area contributed by atoms with Gasteiger partial charge in [0.1, 0.15) is 16.6 Å². The van der Waals surface area contributed by atoms with E-state index in [1.165, 1.54) is 17.4 Å². The van der Waals surface area contributed by atoms with Crippen LogP contribution in [0.5, 0.6) is 0 Å². The van der Waals surface area contributed by atoms with Crippen molar-refractivity contribution in [2.24, 2.45) is 0 Å². The molecule has 2 aliphatic rings. The highest BCUT2D eigenvalue weighted by atomic mass is 35.5. The monoisotopic (exact) mass is 577 g/mol. The highest BCUT2D eigenvalue weighted by Crippen LogP contribution is 2.36. The molecule has 0 radical (unpaired) electrons. The Balaban J connectivity index is 1.36. The first-order valence-electron chi connectivity index (χ1n) is 11.3. The van der Waals surface area contributed by atoms with Crippen LogP contribution >= 0.6 is 34.5 Å². The van der Waals surface area contributed by atoms with Crippen LogP contribution < -0.4 is 16.0 Å². The normalized spacial score (nSPS) is 17.6. The first-order valence-corrected chi connectivity index (χ1v) is 12.8. The Bertz CT molecular complexity index is 1590. The number of piperidine rings is 1. The number of hydrogen-bond acceptors (Lipinski definition) is 7. The Kier molecular flexibility index (Phi) is 6.36. The van der Waals surface area contributed by atoms with E-state index in [2.05, 4.69) is 20.9 Å². The molecule has 38 heavy (non-hydrogen) atoms. The Morgan fingerprint density at radius 1 is 1.18 bits per heavy atom. The van der Waals surface area contributed by atoms with Gasteiger partial charge in [0.25, 0.3) is 11.8 Å². The number of anilines is 1. The summed E-state index contributed by atoms with van der Waals surface area (Å²) in [5.41, 5.74) is -1.63. The number of thiazole rings is 1. The van der Waals surface area contributed by atoms with Gasteiger partial charge in [-0.3, -0.25) is 29.4 Å². The summed E-state index contributed by atoms with van der Waals surface area (Å²) in [5, 5.41) is 8.47. The van der Waals surface area contributed by atoms with Crippen molar-refractivity contribution in [2.45, 2.75) is 38.3 Å². The van der Waals surface area contributed by atoms with Crippen LogP contribution in [0.3, 0.4) is 0 Å². The zero-order valence-corrected chi connectivity index (χ0v) is 22.1. The summed E-state index contributed by atoms with van der Waals surface area (Å²) in [4.78, 5) is 67.4. The summed E-state index contributed by atoms with van der Waals surface area (Å²) >= 11 is 13.6. The fourth-order valence-corrected chi connectivity index (χ4v) is 6.08. The first-order chi connectivity index (χ1) is 17.9. The maximum Gasteiger partial charge on any atom is 0.320 e. The third-order valence-electron chi connectivity index (χ3n) is 6.17. The molecule has 3 N–H and O–H groups in total. The maximum atomic E-state index is 15.4. The zero-order valence-electron chi connectivity index (χ0n) is 19.8. The van der Waals surface area contributed by atoms with Crippen molar-refractivity contribution in [2.75, 3.05) is 5.32 Å². The van der Waals surface area contributed by atoms with E-state index < -0.39 is 52.6 Å². The van der Waals surface area contributed by atoms with Crippen molar-refractivity contribution < 1.29 is 28.4 Å². The summed E-state index contributed by atoms with van der Waals surface area (Å²) in [6.07, 6.45) is -0.132. The summed E-state index contributed by atoms with van der Waals surface area (Å²) in [6, 6.07) is 3.58. The van der Waals surface area contributed by atoms with Gasteiger partial charge in [0.05, 0.1) is 32.1 Å². The summed E-state index contributed by atoms with van der Waals surface area (Å²) in [6.45, 7) is 3.39. The molecule has 1 saturated heterocycles. The SMILES string of the molecule is CC(C)(NC(=O)Nc1ccc2c(c1F)C(=O)N(C1CCC(=O)NC1=O)C2=O)c1nc2c(Cl)cc(Cl)cc2s1. The van der Waals surface area contributed by atoms with E-state index >= 15 is 4.39 Å². The van der Waals surface area contributed by atoms with Gasteiger partial charge in [0.2, 0.25) is 11.8 Å². The topological polar surface area (TPSA) is 138 Å². The minimum absolute atomic E-state index is 0.0659. The molecule has 3 aromatic rings. The molecule has 1 atom stereocenters. The molecule has 2 aliphatic heterocycles. The number of carbonyl (C=O) groups is 5. The van der Waals surface area contributed by atoms with Crippen molar-refractivity contribution in [1.82, 2.24) is 20.5 Å². The van der Waals surface area contributed by atoms with E-state index in [0.29, 0.717) is 25.5 Å². The summed E-state index contributed by atoms with van der Waals surface area (Å²) in [5.74, 6) is -4.33. The van der Waals surface area contributed by atoms with Crippen molar-refractivity contribution in [3.05, 3.63) is 56.3 Å². The number of carbonyl (C=O) groups excluding carboxylic acids is 5. The third kappa shape index (κ3) is 4.38. The van der Waals surface area contributed by atoms with Gasteiger partial charge in [-0.2, -0.15) is 0 Å². The van der Waals surface area contributed by atoms with Gasteiger partial charge in [-0.15, -0.1) is 11.3 Å². The number of fused-ring (bicyclic) bond motifs is 2. The van der Waals surface area contributed by atoms with Gasteiger partial charge in [0, 0.05) is 11.4 Å². The smallest absolute Gasteiger partial charge is 0.320 e. The average molecular weight is 578 g/mol. The van der Waals surface area contributed by atoms with Gasteiger partial charge in [0.15, 0.2) is 5.82 Å². The number of hydrogen-bond donors (Lipinski definition) is 3. The number of rotatable bonds is 4. The van der Waals surface area contributed by atoms with Gasteiger partial charge in [-0.25, -0.2) is 14.2 Å². The lowest BCUT2D eigenvalue weighted by atomic mass is 10.0. The minimum atomic E-state index is -1.24. The molecule has 0 aliphatic carbocycles. The van der Waals surface area contributed by atoms with E-state index in [-0.39, 0.29) is 24.1 Å². The van der Waals surface area contributed by atoms with Crippen molar-refractivity contribution >= 4 is 80.1 Å². The van der Waals surface area contributed by atoms with Crippen molar-refractivity contribution in [3.63, 3.8) is 0 Å². The molecule has 0 bridgehead atoms. The molecule has 14 heteroatoms. The number of nitrogens with one attached hydrogen (secondary N) is 3. The summed E-state index contributed by atoms with van der Waals surface area (Å²) in [7, 11) is 0. The first kappa shape index (κ1) is 26.0. The van der Waals surface area contributed by atoms with Crippen LogP contribution in [0.4, 0.5) is 14.9 Å². The number of imide groups is 2. The van der Waals surface area contributed by atoms with E-state index in [1.54, 1.807) is 26.0 Å². The van der Waals surface area contributed by atoms with Crippen LogP contribution in [0.2, 0.25) is 10.0 Å². The van der Waals surface area contributed by atoms with Gasteiger partial charge in [-0.05, 0) is 44.5 Å². The van der Waals surface area contributed by atoms with Crippen LogP contribution in [0, 0.1) is 5.82 Å². The second-order valence-corrected chi connectivity index (χ2v) is 11.1. The third-order valence-corrected chi connectivity index (χ3v) is 8.00. The Hall–Kier alpha value is -3.61. The second-order valence-electron chi connectivity index (χ2n) is 9.25. The Labute approximate surface area is 228 Å². The van der Waals surface area contributed by atoms with Crippen LogP contribution in [0.15, 0.2) is 24.3 Å². The summed E-state index contributed by atoms with van der Waals surface area (Å²) < 4.78 is 16.1. The lowest BCUT2D eigenvalue weighted by Gasteiger charge is -2.27. The van der Waals surface area contributed by atoms with Crippen LogP contribution in [-0.4, -0.2) is 45.6 Å². The molecule has 10 nitrogen and oxygen atoms in total. The molecule has 196 valence electrons. The number of aromatic nitrogens is 1. The van der Waals surface area contributed by atoms with E-state index in [9.17, 15) is 24.0 Å². The fraction of sp³-hybridized carbons (Fsp3) is 0.250. The molecular formula is C24H18Cl2FN5O5S. The molecule has 0 saturated carbocycles. The molecule has 2 aromatic carbocycles. The molecular weight excluding hydrogens is 560 g/mol. The number of nitrogens with zero attached hydrogens (tertiary/aromatic N) is 2. The highest BCUT2D eigenvalue weighted by molar-refractivity contribution is 7.18. The quantitative estimate of drug-likeness (QED) is 0.397. The van der Waals surface area contributed by atoms with E-state index in [4.69, 9.17) is 23.2 Å². The van der Waals surface area contributed by atoms with Gasteiger partial charge in [-0.1, -0.05) is 23.2 Å². The molecule has 3 heterocycles. The number of benzene rings is 2. The second kappa shape index (κ2) is 9.29. The average Bonchev–Trinajstić information content (AvgIpc) is 3.36. The standard InChI is InChI=1S/C24H18Cl2FN5O5S/c1-24(2,22-30-18-11(26)7-9(25)8-14(18)38-22)31-23(37)28-12-4-3-10-16(17(12)27)21(36)32(20(10)35)13-5-6-15(33)29-19(13)34/h3-4,7-8,13H,5-6H2,1-2H3,(H2,28,31,37)(H,29,33,34). The molecule has 1 unspecified atom stereocenters. The van der Waals surface area contributed by atoms with E-state index in [1.807, 2.05) is 0 Å². The minimum Gasteiger partial charge on any atom is -0.326 e. The number of halogens is 3. The maximum absolute atomic E-state index is 15.4. The van der Waals surface area contributed by atoms with Crippen LogP contribution in [-0.2, 0) is 15.1 Å². The van der Waals surface area contributed by atoms with Gasteiger partial charge >= 0.3 is 6.03 Å². The molecule has 6 amide bonds. The Morgan fingerprint density at radius 2 is 1.92 bits per heavy atom. The van der Waals surface area contributed by atoms with Crippen LogP contribution in [0.25, 0.3) is 10.2 Å². The van der Waals surface area contributed by atoms with Gasteiger partial charge < -0.3 is 10.6 Å². The lowest BCUT2D eigenvalue weighted by Crippen LogP contribution is -2.54. The predicted molar refractivity (Wildman–Crippen MR) is 138 cm³/mol. The van der Waals surface area contributed by atoms with Crippen LogP contribution in [0.1, 0.15) is 52.4 Å². The van der Waals surface area contributed by atoms with E-state index in [0.717, 1.165) is 10.8 Å². The predicted octanol–water partition coefficient (Wildman–Crippen LogP) is 4.20. The largest absolute Gasteiger partial charge is 0.326 e. The van der Waals surface area contributed by atoms with Crippen molar-refractivity contribution in [3.8, 4) is 0 Å². The lowest BCUT2D eigenvalue weighted by molar-refractivity contribution is -0.136. The zero-order chi connectivity index (χ0) is 27.5. The molecule has 1 aromatic heterocycles. The van der Waals surface area contributed by atoms with Crippen molar-refractivity contribution in [1.29, 1.82) is 0 Å².